The van der Waals surface area contributed by atoms with Gasteiger partial charge in [0.25, 0.3) is 5.56 Å². The Labute approximate surface area is 129 Å². The number of anilines is 1. The Bertz CT molecular complexity index is 632. The summed E-state index contributed by atoms with van der Waals surface area (Å²) in [6.45, 7) is 1.97. The summed E-state index contributed by atoms with van der Waals surface area (Å²) >= 11 is 0. The van der Waals surface area contributed by atoms with Crippen molar-refractivity contribution in [3.05, 3.63) is 22.1 Å². The van der Waals surface area contributed by atoms with Gasteiger partial charge < -0.3 is 14.7 Å². The predicted octanol–water partition coefficient (Wildman–Crippen LogP) is 1.25. The monoisotopic (exact) mass is 335 g/mol. The van der Waals surface area contributed by atoms with Gasteiger partial charge in [0, 0.05) is 6.54 Å². The molecule has 2 atom stereocenters. The highest BCUT2D eigenvalue weighted by Gasteiger charge is 2.43. The Morgan fingerprint density at radius 2 is 2.30 bits per heavy atom. The topological polar surface area (TPSA) is 95.5 Å². The highest BCUT2D eigenvalue weighted by atomic mass is 19.4. The molecule has 2 heterocycles. The lowest BCUT2D eigenvalue weighted by atomic mass is 9.96. The third kappa shape index (κ3) is 3.81. The van der Waals surface area contributed by atoms with Crippen molar-refractivity contribution in [1.29, 1.82) is 0 Å². The molecule has 7 nitrogen and oxygen atoms in total. The van der Waals surface area contributed by atoms with Gasteiger partial charge in [-0.1, -0.05) is 0 Å². The van der Waals surface area contributed by atoms with Crippen LogP contribution < -0.4 is 10.5 Å². The molecule has 0 bridgehead atoms. The largest absolute Gasteiger partial charge is 0.481 e. The molecule has 1 unspecified atom stereocenters. The zero-order valence-corrected chi connectivity index (χ0v) is 12.3. The number of carboxylic acids is 1. The lowest BCUT2D eigenvalue weighted by Crippen LogP contribution is -2.55. The van der Waals surface area contributed by atoms with Gasteiger partial charge in [0.2, 0.25) is 0 Å². The SMILES string of the molecule is CC(OCCC(=O)O)[C@@H]1CCN1c1cn[nH]c(=O)c1C(F)(F)F. The summed E-state index contributed by atoms with van der Waals surface area (Å²) in [5, 5.41) is 13.8. The van der Waals surface area contributed by atoms with E-state index in [0.29, 0.717) is 13.0 Å². The highest BCUT2D eigenvalue weighted by molar-refractivity contribution is 5.66. The molecule has 128 valence electrons. The number of carboxylic acid groups (broad SMARTS) is 1. The van der Waals surface area contributed by atoms with Gasteiger partial charge >= 0.3 is 12.1 Å². The molecule has 10 heteroatoms. The van der Waals surface area contributed by atoms with E-state index >= 15 is 0 Å². The van der Waals surface area contributed by atoms with Gasteiger partial charge in [-0.3, -0.25) is 9.59 Å². The molecule has 23 heavy (non-hydrogen) atoms. The maximum Gasteiger partial charge on any atom is 0.423 e. The van der Waals surface area contributed by atoms with E-state index in [1.54, 1.807) is 12.0 Å². The first kappa shape index (κ1) is 17.3. The van der Waals surface area contributed by atoms with Gasteiger partial charge in [0.15, 0.2) is 0 Å². The summed E-state index contributed by atoms with van der Waals surface area (Å²) in [5.74, 6) is -1.01. The predicted molar refractivity (Wildman–Crippen MR) is 73.3 cm³/mol. The van der Waals surface area contributed by atoms with Crippen molar-refractivity contribution >= 4 is 11.7 Å². The maximum atomic E-state index is 13.1. The summed E-state index contributed by atoms with van der Waals surface area (Å²) < 4.78 is 44.6. The Hall–Kier alpha value is -2.10. The average Bonchev–Trinajstić information content (AvgIpc) is 2.35. The van der Waals surface area contributed by atoms with Crippen molar-refractivity contribution < 1.29 is 27.8 Å². The van der Waals surface area contributed by atoms with Gasteiger partial charge in [-0.05, 0) is 13.3 Å². The molecule has 0 aliphatic carbocycles. The number of H-pyrrole nitrogens is 1. The molecule has 1 aromatic heterocycles. The normalized spacial score (nSPS) is 19.3. The van der Waals surface area contributed by atoms with Gasteiger partial charge in [-0.2, -0.15) is 18.3 Å². The molecule has 2 rings (SSSR count). The molecule has 1 aromatic rings. The molecule has 1 saturated heterocycles. The van der Waals surface area contributed by atoms with Crippen LogP contribution in [-0.4, -0.2) is 46.6 Å². The van der Waals surface area contributed by atoms with Crippen LogP contribution in [-0.2, 0) is 15.7 Å². The molecular weight excluding hydrogens is 319 g/mol. The van der Waals surface area contributed by atoms with Gasteiger partial charge in [0.1, 0.15) is 5.56 Å². The zero-order valence-electron chi connectivity index (χ0n) is 12.3. The fourth-order valence-electron chi connectivity index (χ4n) is 2.52. The van der Waals surface area contributed by atoms with Crippen LogP contribution in [0.1, 0.15) is 25.3 Å². The van der Waals surface area contributed by atoms with Crippen molar-refractivity contribution in [2.75, 3.05) is 18.1 Å². The van der Waals surface area contributed by atoms with E-state index in [9.17, 15) is 22.8 Å². The Kier molecular flexibility index (Phi) is 4.93. The number of aromatic amines is 1. The van der Waals surface area contributed by atoms with E-state index in [2.05, 4.69) is 5.10 Å². The van der Waals surface area contributed by atoms with E-state index in [-0.39, 0.29) is 24.8 Å². The summed E-state index contributed by atoms with van der Waals surface area (Å²) in [4.78, 5) is 23.4. The van der Waals surface area contributed by atoms with Gasteiger partial charge in [-0.15, -0.1) is 0 Å². The fourth-order valence-corrected chi connectivity index (χ4v) is 2.52. The highest BCUT2D eigenvalue weighted by Crippen LogP contribution is 2.37. The van der Waals surface area contributed by atoms with Crippen LogP contribution in [0.15, 0.2) is 11.0 Å². The quantitative estimate of drug-likeness (QED) is 0.812. The summed E-state index contributed by atoms with van der Waals surface area (Å²) in [6, 6.07) is -0.367. The van der Waals surface area contributed by atoms with Crippen LogP contribution in [0.5, 0.6) is 0 Å². The Morgan fingerprint density at radius 1 is 1.61 bits per heavy atom. The number of aromatic nitrogens is 2. The second-order valence-corrected chi connectivity index (χ2v) is 5.23. The van der Waals surface area contributed by atoms with Gasteiger partial charge in [-0.25, -0.2) is 5.10 Å². The van der Waals surface area contributed by atoms with Crippen LogP contribution in [0.4, 0.5) is 18.9 Å². The minimum atomic E-state index is -4.79. The number of nitrogens with zero attached hydrogens (tertiary/aromatic N) is 2. The number of ether oxygens (including phenoxy) is 1. The number of hydrogen-bond acceptors (Lipinski definition) is 5. The molecule has 0 spiro atoms. The maximum absolute atomic E-state index is 13.1. The lowest BCUT2D eigenvalue weighted by Gasteiger charge is -2.46. The van der Waals surface area contributed by atoms with E-state index in [0.717, 1.165) is 6.20 Å². The van der Waals surface area contributed by atoms with E-state index < -0.39 is 29.4 Å². The second-order valence-electron chi connectivity index (χ2n) is 5.23. The van der Waals surface area contributed by atoms with E-state index in [1.165, 1.54) is 4.90 Å². The lowest BCUT2D eigenvalue weighted by molar-refractivity contribution is -0.140. The van der Waals surface area contributed by atoms with Crippen LogP contribution in [0.25, 0.3) is 0 Å². The van der Waals surface area contributed by atoms with Gasteiger partial charge in [0.05, 0.1) is 37.1 Å². The molecule has 0 aromatic carbocycles. The Morgan fingerprint density at radius 3 is 2.83 bits per heavy atom. The summed E-state index contributed by atoms with van der Waals surface area (Å²) in [5.41, 5.74) is -2.86. The molecule has 1 aliphatic rings. The fraction of sp³-hybridized carbons (Fsp3) is 0.615. The first-order chi connectivity index (χ1) is 10.7. The van der Waals surface area contributed by atoms with Crippen LogP contribution in [0.3, 0.4) is 0 Å². The molecular formula is C13H16F3N3O4. The third-order valence-corrected chi connectivity index (χ3v) is 3.73. The van der Waals surface area contributed by atoms with E-state index in [1.807, 2.05) is 0 Å². The standard InChI is InChI=1S/C13H16F3N3O4/c1-7(23-5-3-10(20)21)8-2-4-19(8)9-6-17-18-12(22)11(9)13(14,15)16/h6-8H,2-5H2,1H3,(H,18,22)(H,20,21)/t7?,8-/m0/s1. The number of rotatable bonds is 6. The summed E-state index contributed by atoms with van der Waals surface area (Å²) in [7, 11) is 0. The van der Waals surface area contributed by atoms with Crippen LogP contribution in [0.2, 0.25) is 0 Å². The second kappa shape index (κ2) is 6.57. The number of carbonyl (C=O) groups is 1. The van der Waals surface area contributed by atoms with Crippen molar-refractivity contribution in [2.45, 2.75) is 38.1 Å². The molecule has 0 saturated carbocycles. The van der Waals surface area contributed by atoms with Crippen molar-refractivity contribution in [3.63, 3.8) is 0 Å². The first-order valence-electron chi connectivity index (χ1n) is 6.96. The molecule has 0 radical (unpaired) electrons. The first-order valence-corrected chi connectivity index (χ1v) is 6.96. The average molecular weight is 335 g/mol. The third-order valence-electron chi connectivity index (χ3n) is 3.73. The number of nitrogens with one attached hydrogen (secondary N) is 1. The van der Waals surface area contributed by atoms with Crippen molar-refractivity contribution in [2.24, 2.45) is 0 Å². The number of halogens is 3. The molecule has 0 amide bonds. The molecule has 1 fully saturated rings. The minimum Gasteiger partial charge on any atom is -0.481 e. The van der Waals surface area contributed by atoms with Crippen LogP contribution in [0, 0.1) is 0 Å². The van der Waals surface area contributed by atoms with Crippen molar-refractivity contribution in [3.8, 4) is 0 Å². The Balaban J connectivity index is 2.15. The van der Waals surface area contributed by atoms with E-state index in [4.69, 9.17) is 9.84 Å². The number of alkyl halides is 3. The van der Waals surface area contributed by atoms with Crippen LogP contribution >= 0.6 is 0 Å². The number of aliphatic carboxylic acids is 1. The minimum absolute atomic E-state index is 0.0272. The van der Waals surface area contributed by atoms with Crippen molar-refractivity contribution in [1.82, 2.24) is 10.2 Å². The summed E-state index contributed by atoms with van der Waals surface area (Å²) in [6.07, 6.45) is -3.89. The smallest absolute Gasteiger partial charge is 0.423 e. The molecule has 2 N–H and O–H groups in total. The number of hydrogen-bond donors (Lipinski definition) is 2. The molecule has 1 aliphatic heterocycles. The zero-order chi connectivity index (χ0) is 17.2.